The average molecular weight is 268 g/mol. The number of aryl methyl sites for hydroxylation is 2. The van der Waals surface area contributed by atoms with Crippen molar-refractivity contribution in [3.05, 3.63) is 64.7 Å². The molecule has 0 radical (unpaired) electrons. The SMILES string of the molecule is CCc1ccc(COc2ccc(C(C)=O)cc2C)cc1. The lowest BCUT2D eigenvalue weighted by Crippen LogP contribution is -1.99. The molecule has 0 fully saturated rings. The predicted octanol–water partition coefficient (Wildman–Crippen LogP) is 4.34. The molecule has 0 aliphatic heterocycles. The van der Waals surface area contributed by atoms with Crippen LogP contribution in [0.5, 0.6) is 5.75 Å². The normalized spacial score (nSPS) is 10.3. The Hall–Kier alpha value is -2.09. The van der Waals surface area contributed by atoms with Gasteiger partial charge in [0, 0.05) is 5.56 Å². The lowest BCUT2D eigenvalue weighted by Gasteiger charge is -2.10. The number of carbonyl (C=O) groups is 1. The summed E-state index contributed by atoms with van der Waals surface area (Å²) in [4.78, 5) is 11.3. The number of ketones is 1. The third-order valence-corrected chi connectivity index (χ3v) is 3.41. The van der Waals surface area contributed by atoms with E-state index in [0.717, 1.165) is 28.9 Å². The highest BCUT2D eigenvalue weighted by molar-refractivity contribution is 5.94. The molecular weight excluding hydrogens is 248 g/mol. The van der Waals surface area contributed by atoms with Gasteiger partial charge in [0.15, 0.2) is 5.78 Å². The first-order chi connectivity index (χ1) is 9.60. The molecular formula is C18H20O2. The van der Waals surface area contributed by atoms with E-state index in [2.05, 4.69) is 31.2 Å². The summed E-state index contributed by atoms with van der Waals surface area (Å²) < 4.78 is 5.82. The van der Waals surface area contributed by atoms with E-state index in [1.54, 1.807) is 6.92 Å². The second-order valence-corrected chi connectivity index (χ2v) is 5.00. The van der Waals surface area contributed by atoms with Crippen LogP contribution in [0.1, 0.15) is 40.9 Å². The zero-order chi connectivity index (χ0) is 14.5. The summed E-state index contributed by atoms with van der Waals surface area (Å²) in [5.41, 5.74) is 4.19. The summed E-state index contributed by atoms with van der Waals surface area (Å²) in [5.74, 6) is 0.907. The van der Waals surface area contributed by atoms with E-state index in [4.69, 9.17) is 4.74 Å². The minimum atomic E-state index is 0.0785. The summed E-state index contributed by atoms with van der Waals surface area (Å²) in [6, 6.07) is 14.0. The highest BCUT2D eigenvalue weighted by Gasteiger charge is 2.04. The maximum absolute atomic E-state index is 11.3. The van der Waals surface area contributed by atoms with Crippen LogP contribution in [0.2, 0.25) is 0 Å². The number of benzene rings is 2. The zero-order valence-electron chi connectivity index (χ0n) is 12.3. The largest absolute Gasteiger partial charge is 0.489 e. The number of ether oxygens (including phenoxy) is 1. The molecule has 0 amide bonds. The Labute approximate surface area is 120 Å². The average Bonchev–Trinajstić information content (AvgIpc) is 2.46. The van der Waals surface area contributed by atoms with Crippen molar-refractivity contribution in [2.75, 3.05) is 0 Å². The van der Waals surface area contributed by atoms with Crippen LogP contribution in [-0.4, -0.2) is 5.78 Å². The van der Waals surface area contributed by atoms with Gasteiger partial charge in [0.25, 0.3) is 0 Å². The molecule has 0 spiro atoms. The van der Waals surface area contributed by atoms with Gasteiger partial charge >= 0.3 is 0 Å². The van der Waals surface area contributed by atoms with Gasteiger partial charge in [-0.3, -0.25) is 4.79 Å². The molecule has 0 saturated carbocycles. The van der Waals surface area contributed by atoms with Crippen molar-refractivity contribution in [3.63, 3.8) is 0 Å². The van der Waals surface area contributed by atoms with Crippen molar-refractivity contribution in [1.82, 2.24) is 0 Å². The van der Waals surface area contributed by atoms with Crippen LogP contribution < -0.4 is 4.74 Å². The van der Waals surface area contributed by atoms with E-state index >= 15 is 0 Å². The molecule has 0 atom stereocenters. The van der Waals surface area contributed by atoms with Crippen molar-refractivity contribution in [2.24, 2.45) is 0 Å². The van der Waals surface area contributed by atoms with Gasteiger partial charge in [-0.05, 0) is 55.2 Å². The molecule has 2 aromatic carbocycles. The van der Waals surface area contributed by atoms with Crippen LogP contribution in [0.15, 0.2) is 42.5 Å². The Morgan fingerprint density at radius 2 is 1.70 bits per heavy atom. The van der Waals surface area contributed by atoms with Gasteiger partial charge < -0.3 is 4.74 Å². The monoisotopic (exact) mass is 268 g/mol. The highest BCUT2D eigenvalue weighted by atomic mass is 16.5. The Morgan fingerprint density at radius 1 is 1.05 bits per heavy atom. The number of Topliss-reactive ketones (excluding diaryl/α,β-unsaturated/α-hetero) is 1. The van der Waals surface area contributed by atoms with E-state index in [1.165, 1.54) is 5.56 Å². The molecule has 20 heavy (non-hydrogen) atoms. The lowest BCUT2D eigenvalue weighted by molar-refractivity contribution is 0.101. The van der Waals surface area contributed by atoms with Gasteiger partial charge in [-0.25, -0.2) is 0 Å². The maximum Gasteiger partial charge on any atom is 0.159 e. The second kappa shape index (κ2) is 6.38. The molecule has 2 rings (SSSR count). The van der Waals surface area contributed by atoms with Gasteiger partial charge in [0.2, 0.25) is 0 Å². The molecule has 0 aliphatic rings. The summed E-state index contributed by atoms with van der Waals surface area (Å²) >= 11 is 0. The number of hydrogen-bond acceptors (Lipinski definition) is 2. The van der Waals surface area contributed by atoms with Crippen LogP contribution in [0.3, 0.4) is 0 Å². The molecule has 0 aromatic heterocycles. The van der Waals surface area contributed by atoms with Crippen LogP contribution in [0, 0.1) is 6.92 Å². The first kappa shape index (κ1) is 14.3. The molecule has 2 aromatic rings. The molecule has 0 unspecified atom stereocenters. The first-order valence-electron chi connectivity index (χ1n) is 6.92. The zero-order valence-corrected chi connectivity index (χ0v) is 12.3. The molecule has 0 aliphatic carbocycles. The highest BCUT2D eigenvalue weighted by Crippen LogP contribution is 2.20. The summed E-state index contributed by atoms with van der Waals surface area (Å²) in [5, 5.41) is 0. The Kier molecular flexibility index (Phi) is 4.57. The van der Waals surface area contributed by atoms with E-state index in [-0.39, 0.29) is 5.78 Å². The maximum atomic E-state index is 11.3. The molecule has 2 nitrogen and oxygen atoms in total. The predicted molar refractivity (Wildman–Crippen MR) is 81.3 cm³/mol. The lowest BCUT2D eigenvalue weighted by atomic mass is 10.1. The smallest absolute Gasteiger partial charge is 0.159 e. The quantitative estimate of drug-likeness (QED) is 0.754. The van der Waals surface area contributed by atoms with E-state index in [0.29, 0.717) is 6.61 Å². The van der Waals surface area contributed by atoms with E-state index < -0.39 is 0 Å². The van der Waals surface area contributed by atoms with Crippen molar-refractivity contribution < 1.29 is 9.53 Å². The molecule has 0 bridgehead atoms. The van der Waals surface area contributed by atoms with Gasteiger partial charge in [-0.1, -0.05) is 31.2 Å². The van der Waals surface area contributed by atoms with Gasteiger partial charge in [-0.2, -0.15) is 0 Å². The van der Waals surface area contributed by atoms with Crippen LogP contribution in [-0.2, 0) is 13.0 Å². The van der Waals surface area contributed by atoms with Gasteiger partial charge in [0.05, 0.1) is 0 Å². The number of hydrogen-bond donors (Lipinski definition) is 0. The minimum Gasteiger partial charge on any atom is -0.489 e. The van der Waals surface area contributed by atoms with Crippen LogP contribution >= 0.6 is 0 Å². The molecule has 104 valence electrons. The fourth-order valence-electron chi connectivity index (χ4n) is 2.06. The topological polar surface area (TPSA) is 26.3 Å². The molecule has 0 saturated heterocycles. The standard InChI is InChI=1S/C18H20O2/c1-4-15-5-7-16(8-6-15)12-20-18-10-9-17(14(3)19)11-13(18)2/h5-11H,4,12H2,1-3H3. The summed E-state index contributed by atoms with van der Waals surface area (Å²) in [6.45, 7) is 6.22. The Bertz CT molecular complexity index is 597. The first-order valence-corrected chi connectivity index (χ1v) is 6.92. The van der Waals surface area contributed by atoms with Crippen molar-refractivity contribution in [1.29, 1.82) is 0 Å². The molecule has 0 heterocycles. The summed E-state index contributed by atoms with van der Waals surface area (Å²) in [7, 11) is 0. The van der Waals surface area contributed by atoms with Crippen molar-refractivity contribution in [2.45, 2.75) is 33.8 Å². The van der Waals surface area contributed by atoms with Crippen LogP contribution in [0.25, 0.3) is 0 Å². The van der Waals surface area contributed by atoms with Crippen molar-refractivity contribution in [3.8, 4) is 5.75 Å². The van der Waals surface area contributed by atoms with Crippen molar-refractivity contribution >= 4 is 5.78 Å². The minimum absolute atomic E-state index is 0.0785. The molecule has 2 heteroatoms. The fourth-order valence-corrected chi connectivity index (χ4v) is 2.06. The Morgan fingerprint density at radius 3 is 2.25 bits per heavy atom. The van der Waals surface area contributed by atoms with E-state index in [9.17, 15) is 4.79 Å². The van der Waals surface area contributed by atoms with Crippen LogP contribution in [0.4, 0.5) is 0 Å². The van der Waals surface area contributed by atoms with Gasteiger partial charge in [0.1, 0.15) is 12.4 Å². The number of carbonyl (C=O) groups excluding carboxylic acids is 1. The third kappa shape index (κ3) is 3.47. The molecule has 0 N–H and O–H groups in total. The third-order valence-electron chi connectivity index (χ3n) is 3.41. The second-order valence-electron chi connectivity index (χ2n) is 5.00. The number of rotatable bonds is 5. The van der Waals surface area contributed by atoms with E-state index in [1.807, 2.05) is 25.1 Å². The summed E-state index contributed by atoms with van der Waals surface area (Å²) in [6.07, 6.45) is 1.05. The Balaban J connectivity index is 2.04. The fraction of sp³-hybridized carbons (Fsp3) is 0.278. The van der Waals surface area contributed by atoms with Gasteiger partial charge in [-0.15, -0.1) is 0 Å².